The fraction of sp³-hybridized carbons (Fsp3) is 0.710. The third-order valence-corrected chi connectivity index (χ3v) is 6.22. The van der Waals surface area contributed by atoms with Gasteiger partial charge in [0.05, 0.1) is 0 Å². The molecule has 0 spiro atoms. The van der Waals surface area contributed by atoms with Crippen molar-refractivity contribution in [2.45, 2.75) is 136 Å². The molecule has 0 aliphatic carbocycles. The number of unbranched alkanes of at least 4 members (excludes halogenated alkanes) is 11. The Hall–Kier alpha value is -2.57. The molecule has 2 N–H and O–H groups in total. The lowest BCUT2D eigenvalue weighted by atomic mass is 10.1. The van der Waals surface area contributed by atoms with Crippen LogP contribution < -0.4 is 10.6 Å². The SMILES string of the molecule is CCCCCCCCCCCCCCNC(=O)[C@H](CCC(=O)OCc1ccccc1)NC(=O)OC(C)(C)C. The number of ether oxygens (including phenoxy) is 2. The Bertz CT molecular complexity index is 776. The Morgan fingerprint density at radius 2 is 1.37 bits per heavy atom. The monoisotopic (exact) mass is 532 g/mol. The van der Waals surface area contributed by atoms with Gasteiger partial charge in [0.15, 0.2) is 0 Å². The molecule has 1 aromatic carbocycles. The fourth-order valence-electron chi connectivity index (χ4n) is 4.09. The van der Waals surface area contributed by atoms with Crippen molar-refractivity contribution in [2.24, 2.45) is 0 Å². The summed E-state index contributed by atoms with van der Waals surface area (Å²) >= 11 is 0. The van der Waals surface area contributed by atoms with Gasteiger partial charge in [0.2, 0.25) is 5.91 Å². The molecule has 0 saturated carbocycles. The van der Waals surface area contributed by atoms with Gasteiger partial charge < -0.3 is 20.1 Å². The van der Waals surface area contributed by atoms with Crippen molar-refractivity contribution in [3.05, 3.63) is 35.9 Å². The van der Waals surface area contributed by atoms with Crippen LogP contribution in [0.4, 0.5) is 4.79 Å². The number of alkyl carbamates (subject to hydrolysis) is 1. The van der Waals surface area contributed by atoms with E-state index in [-0.39, 0.29) is 25.4 Å². The molecular weight excluding hydrogens is 480 g/mol. The predicted octanol–water partition coefficient (Wildman–Crippen LogP) is 7.22. The number of hydrogen-bond acceptors (Lipinski definition) is 5. The van der Waals surface area contributed by atoms with Crippen molar-refractivity contribution in [3.63, 3.8) is 0 Å². The average Bonchev–Trinajstić information content (AvgIpc) is 2.87. The zero-order valence-corrected chi connectivity index (χ0v) is 24.3. The number of amides is 2. The van der Waals surface area contributed by atoms with Crippen LogP contribution in [-0.2, 0) is 25.7 Å². The summed E-state index contributed by atoms with van der Waals surface area (Å²) in [5, 5.41) is 5.52. The molecule has 1 atom stereocenters. The second-order valence-electron chi connectivity index (χ2n) is 11.1. The lowest BCUT2D eigenvalue weighted by Crippen LogP contribution is -2.48. The molecule has 0 radical (unpaired) electrons. The molecule has 0 heterocycles. The quantitative estimate of drug-likeness (QED) is 0.137. The first-order valence-corrected chi connectivity index (χ1v) is 14.7. The van der Waals surface area contributed by atoms with Crippen LogP contribution in [-0.4, -0.2) is 36.2 Å². The summed E-state index contributed by atoms with van der Waals surface area (Å²) in [7, 11) is 0. The van der Waals surface area contributed by atoms with Gasteiger partial charge in [0, 0.05) is 13.0 Å². The van der Waals surface area contributed by atoms with Crippen LogP contribution in [0.25, 0.3) is 0 Å². The molecule has 0 unspecified atom stereocenters. The van der Waals surface area contributed by atoms with Crippen LogP contribution in [0.2, 0.25) is 0 Å². The first kappa shape index (κ1) is 33.5. The van der Waals surface area contributed by atoms with E-state index in [0.717, 1.165) is 18.4 Å². The van der Waals surface area contributed by atoms with Gasteiger partial charge >= 0.3 is 12.1 Å². The van der Waals surface area contributed by atoms with Crippen LogP contribution in [0, 0.1) is 0 Å². The number of hydrogen-bond donors (Lipinski definition) is 2. The zero-order chi connectivity index (χ0) is 28.1. The number of carbonyl (C=O) groups excluding carboxylic acids is 3. The summed E-state index contributed by atoms with van der Waals surface area (Å²) in [5.41, 5.74) is 0.207. The van der Waals surface area contributed by atoms with Crippen molar-refractivity contribution >= 4 is 18.0 Å². The maximum Gasteiger partial charge on any atom is 0.408 e. The van der Waals surface area contributed by atoms with Gasteiger partial charge in [-0.25, -0.2) is 4.79 Å². The van der Waals surface area contributed by atoms with E-state index in [1.54, 1.807) is 20.8 Å². The summed E-state index contributed by atoms with van der Waals surface area (Å²) in [6.45, 7) is 8.25. The average molecular weight is 533 g/mol. The number of benzene rings is 1. The molecule has 0 fully saturated rings. The zero-order valence-electron chi connectivity index (χ0n) is 24.3. The van der Waals surface area contributed by atoms with Crippen molar-refractivity contribution < 1.29 is 23.9 Å². The molecule has 0 saturated heterocycles. The molecule has 0 aliphatic rings. The predicted molar refractivity (Wildman–Crippen MR) is 153 cm³/mol. The maximum atomic E-state index is 12.8. The number of carbonyl (C=O) groups is 3. The van der Waals surface area contributed by atoms with Gasteiger partial charge in [-0.1, -0.05) is 108 Å². The van der Waals surface area contributed by atoms with Gasteiger partial charge in [-0.05, 0) is 39.2 Å². The Labute approximate surface area is 230 Å². The standard InChI is InChI=1S/C31H52N2O5/c1-5-6-7-8-9-10-11-12-13-14-15-19-24-32-29(35)27(33-30(36)38-31(2,3)4)22-23-28(34)37-25-26-20-17-16-18-21-26/h16-18,20-21,27H,5-15,19,22-25H2,1-4H3,(H,32,35)(H,33,36)/t27-/m0/s1. The molecule has 2 amide bonds. The molecule has 1 aromatic rings. The summed E-state index contributed by atoms with van der Waals surface area (Å²) in [6, 6.07) is 8.54. The first-order chi connectivity index (χ1) is 18.2. The minimum absolute atomic E-state index is 0.0132. The summed E-state index contributed by atoms with van der Waals surface area (Å²) < 4.78 is 10.6. The van der Waals surface area contributed by atoms with Crippen molar-refractivity contribution in [2.75, 3.05) is 6.54 Å². The van der Waals surface area contributed by atoms with E-state index in [4.69, 9.17) is 9.47 Å². The largest absolute Gasteiger partial charge is 0.461 e. The Morgan fingerprint density at radius 1 is 0.816 bits per heavy atom. The van der Waals surface area contributed by atoms with Gasteiger partial charge in [-0.3, -0.25) is 9.59 Å². The molecule has 1 rings (SSSR count). The highest BCUT2D eigenvalue weighted by Crippen LogP contribution is 2.12. The highest BCUT2D eigenvalue weighted by Gasteiger charge is 2.25. The highest BCUT2D eigenvalue weighted by molar-refractivity contribution is 5.86. The van der Waals surface area contributed by atoms with Crippen LogP contribution >= 0.6 is 0 Å². The van der Waals surface area contributed by atoms with Crippen molar-refractivity contribution in [1.29, 1.82) is 0 Å². The minimum atomic E-state index is -0.869. The first-order valence-electron chi connectivity index (χ1n) is 14.7. The van der Waals surface area contributed by atoms with E-state index in [0.29, 0.717) is 6.54 Å². The Kier molecular flexibility index (Phi) is 18.0. The van der Waals surface area contributed by atoms with Crippen LogP contribution in [0.5, 0.6) is 0 Å². The van der Waals surface area contributed by atoms with Crippen molar-refractivity contribution in [3.8, 4) is 0 Å². The number of rotatable bonds is 20. The molecular formula is C31H52N2O5. The van der Waals surface area contributed by atoms with Crippen molar-refractivity contribution in [1.82, 2.24) is 10.6 Å². The van der Waals surface area contributed by atoms with Crippen LogP contribution in [0.15, 0.2) is 30.3 Å². The highest BCUT2D eigenvalue weighted by atomic mass is 16.6. The Balaban J connectivity index is 2.32. The smallest absolute Gasteiger partial charge is 0.408 e. The topological polar surface area (TPSA) is 93.7 Å². The Morgan fingerprint density at radius 3 is 1.92 bits per heavy atom. The second-order valence-corrected chi connectivity index (χ2v) is 11.1. The van der Waals surface area contributed by atoms with Gasteiger partial charge in [0.1, 0.15) is 18.2 Å². The van der Waals surface area contributed by atoms with Crippen LogP contribution in [0.3, 0.4) is 0 Å². The number of nitrogens with one attached hydrogen (secondary N) is 2. The number of esters is 1. The molecule has 7 nitrogen and oxygen atoms in total. The molecule has 0 aliphatic heterocycles. The third-order valence-electron chi connectivity index (χ3n) is 6.22. The third kappa shape index (κ3) is 18.6. The van der Waals surface area contributed by atoms with E-state index in [1.807, 2.05) is 30.3 Å². The summed E-state index contributed by atoms with van der Waals surface area (Å²) in [4.78, 5) is 37.3. The van der Waals surface area contributed by atoms with E-state index >= 15 is 0 Å². The lowest BCUT2D eigenvalue weighted by Gasteiger charge is -2.23. The van der Waals surface area contributed by atoms with Crippen LogP contribution in [0.1, 0.15) is 123 Å². The lowest BCUT2D eigenvalue weighted by molar-refractivity contribution is -0.145. The van der Waals surface area contributed by atoms with E-state index in [2.05, 4.69) is 17.6 Å². The fourth-order valence-corrected chi connectivity index (χ4v) is 4.09. The molecule has 38 heavy (non-hydrogen) atoms. The van der Waals surface area contributed by atoms with E-state index in [9.17, 15) is 14.4 Å². The molecule has 216 valence electrons. The van der Waals surface area contributed by atoms with Gasteiger partial charge in [-0.15, -0.1) is 0 Å². The summed E-state index contributed by atoms with van der Waals surface area (Å²) in [6.07, 6.45) is 14.5. The second kappa shape index (κ2) is 20.4. The minimum Gasteiger partial charge on any atom is -0.461 e. The molecule has 0 aromatic heterocycles. The van der Waals surface area contributed by atoms with Gasteiger partial charge in [0.25, 0.3) is 0 Å². The normalized spacial score (nSPS) is 12.0. The molecule has 7 heteroatoms. The maximum absolute atomic E-state index is 12.8. The molecule has 0 bridgehead atoms. The van der Waals surface area contributed by atoms with E-state index in [1.165, 1.54) is 64.2 Å². The summed E-state index contributed by atoms with van der Waals surface area (Å²) in [5.74, 6) is -0.728. The van der Waals surface area contributed by atoms with Gasteiger partial charge in [-0.2, -0.15) is 0 Å². The van der Waals surface area contributed by atoms with E-state index < -0.39 is 23.7 Å².